The highest BCUT2D eigenvalue weighted by Crippen LogP contribution is 2.37. The Bertz CT molecular complexity index is 1280. The van der Waals surface area contributed by atoms with E-state index in [9.17, 15) is 40.7 Å². The highest BCUT2D eigenvalue weighted by molar-refractivity contribution is 6.22. The second-order valence-electron chi connectivity index (χ2n) is 9.36. The summed E-state index contributed by atoms with van der Waals surface area (Å²) in [4.78, 5) is 44.0. The van der Waals surface area contributed by atoms with Crippen molar-refractivity contribution in [2.45, 2.75) is 51.1 Å². The molecular weight excluding hydrogens is 556 g/mol. The SMILES string of the molecule is CCC(F)(F)F.NC(=O)CC(CCC(F)(F)F)C(=O)NC1N=C(c2ccccc2)c2cccc3c2N(CCN3)C1=O. The Morgan fingerprint density at radius 1 is 1.07 bits per heavy atom. The van der Waals surface area contributed by atoms with Crippen LogP contribution in [-0.4, -0.2) is 55.0 Å². The summed E-state index contributed by atoms with van der Waals surface area (Å²) in [5.74, 6) is -3.66. The monoisotopic (exact) mass is 585 g/mol. The molecule has 0 radical (unpaired) electrons. The second-order valence-corrected chi connectivity index (χ2v) is 9.36. The molecule has 4 N–H and O–H groups in total. The van der Waals surface area contributed by atoms with Gasteiger partial charge in [-0.2, -0.15) is 26.3 Å². The van der Waals surface area contributed by atoms with E-state index < -0.39 is 67.8 Å². The fourth-order valence-corrected chi connectivity index (χ4v) is 4.28. The van der Waals surface area contributed by atoms with Gasteiger partial charge < -0.3 is 21.3 Å². The number of nitrogens with two attached hydrogens (primary N) is 1. The van der Waals surface area contributed by atoms with Gasteiger partial charge in [0, 0.05) is 49.4 Å². The quantitative estimate of drug-likeness (QED) is 0.414. The molecule has 0 fully saturated rings. The van der Waals surface area contributed by atoms with E-state index in [1.165, 1.54) is 4.90 Å². The van der Waals surface area contributed by atoms with Crippen molar-refractivity contribution in [3.63, 3.8) is 0 Å². The number of aliphatic imine (C=N–C) groups is 1. The minimum Gasteiger partial charge on any atom is -0.382 e. The van der Waals surface area contributed by atoms with Crippen LogP contribution in [-0.2, 0) is 14.4 Å². The van der Waals surface area contributed by atoms with Gasteiger partial charge in [0.2, 0.25) is 18.0 Å². The van der Waals surface area contributed by atoms with Crippen LogP contribution in [0.1, 0.15) is 43.7 Å². The standard InChI is InChI=1S/C24H24F3N5O3.C3H5F3/c25-24(26,27)10-9-15(13-18(28)33)22(34)31-21-23(35)32-12-11-29-17-8-4-7-16(20(17)32)19(30-21)14-5-2-1-3-6-14;1-2-3(4,5)6/h1-8,15,21,29H,9-13H2,(H2,28,33)(H,31,34);2H2,1H3. The predicted molar refractivity (Wildman–Crippen MR) is 140 cm³/mol. The Balaban J connectivity index is 0.000000696. The number of amides is 3. The Morgan fingerprint density at radius 2 is 1.73 bits per heavy atom. The summed E-state index contributed by atoms with van der Waals surface area (Å²) in [6.07, 6.45) is -13.1. The predicted octanol–water partition coefficient (Wildman–Crippen LogP) is 4.53. The molecule has 2 atom stereocenters. The molecule has 2 unspecified atom stereocenters. The highest BCUT2D eigenvalue weighted by Gasteiger charge is 2.38. The van der Waals surface area contributed by atoms with Crippen molar-refractivity contribution in [1.82, 2.24) is 5.32 Å². The Morgan fingerprint density at radius 3 is 2.32 bits per heavy atom. The van der Waals surface area contributed by atoms with Crippen molar-refractivity contribution in [2.24, 2.45) is 16.6 Å². The fourth-order valence-electron chi connectivity index (χ4n) is 4.28. The first-order valence-electron chi connectivity index (χ1n) is 12.7. The number of carbonyl (C=O) groups is 3. The number of benzene rings is 2. The third kappa shape index (κ3) is 8.69. The van der Waals surface area contributed by atoms with Crippen molar-refractivity contribution in [2.75, 3.05) is 23.3 Å². The van der Waals surface area contributed by atoms with Crippen LogP contribution in [0.25, 0.3) is 0 Å². The number of anilines is 2. The molecule has 0 aliphatic carbocycles. The molecule has 0 aromatic heterocycles. The summed E-state index contributed by atoms with van der Waals surface area (Å²) in [5, 5.41) is 5.73. The van der Waals surface area contributed by atoms with Crippen LogP contribution in [0.5, 0.6) is 0 Å². The number of halogens is 6. The first-order chi connectivity index (χ1) is 19.2. The molecular formula is C27H29F6N5O3. The average Bonchev–Trinajstić information content (AvgIpc) is 3.03. The van der Waals surface area contributed by atoms with Crippen molar-refractivity contribution in [1.29, 1.82) is 0 Å². The van der Waals surface area contributed by atoms with E-state index in [2.05, 4.69) is 15.6 Å². The van der Waals surface area contributed by atoms with Crippen LogP contribution in [0.3, 0.4) is 0 Å². The molecule has 8 nitrogen and oxygen atoms in total. The number of carbonyl (C=O) groups excluding carboxylic acids is 3. The summed E-state index contributed by atoms with van der Waals surface area (Å²) < 4.78 is 70.7. The molecule has 14 heteroatoms. The van der Waals surface area contributed by atoms with Gasteiger partial charge in [0.15, 0.2) is 0 Å². The van der Waals surface area contributed by atoms with E-state index in [0.29, 0.717) is 35.6 Å². The zero-order valence-corrected chi connectivity index (χ0v) is 22.0. The van der Waals surface area contributed by atoms with Crippen LogP contribution in [0.4, 0.5) is 37.7 Å². The number of alkyl halides is 6. The highest BCUT2D eigenvalue weighted by atomic mass is 19.4. The molecule has 222 valence electrons. The Hall–Kier alpha value is -4.10. The number of nitrogens with zero attached hydrogens (tertiary/aromatic N) is 2. The summed E-state index contributed by atoms with van der Waals surface area (Å²) in [7, 11) is 0. The molecule has 2 aliphatic heterocycles. The normalized spacial score (nSPS) is 17.1. The van der Waals surface area contributed by atoms with Gasteiger partial charge in [-0.3, -0.25) is 14.4 Å². The molecule has 2 aliphatic rings. The van der Waals surface area contributed by atoms with E-state index in [0.717, 1.165) is 12.6 Å². The van der Waals surface area contributed by atoms with Gasteiger partial charge in [0.05, 0.1) is 17.1 Å². The summed E-state index contributed by atoms with van der Waals surface area (Å²) in [6.45, 7) is 1.87. The third-order valence-electron chi connectivity index (χ3n) is 6.29. The van der Waals surface area contributed by atoms with Gasteiger partial charge in [-0.1, -0.05) is 49.4 Å². The lowest BCUT2D eigenvalue weighted by atomic mass is 9.97. The van der Waals surface area contributed by atoms with Gasteiger partial charge >= 0.3 is 12.4 Å². The van der Waals surface area contributed by atoms with E-state index >= 15 is 0 Å². The number of para-hydroxylation sites is 1. The lowest BCUT2D eigenvalue weighted by Crippen LogP contribution is -2.51. The maximum Gasteiger partial charge on any atom is 0.389 e. The first kappa shape index (κ1) is 31.4. The van der Waals surface area contributed by atoms with Crippen molar-refractivity contribution in [3.05, 3.63) is 59.7 Å². The number of primary amides is 1. The topological polar surface area (TPSA) is 117 Å². The van der Waals surface area contributed by atoms with E-state index in [-0.39, 0.29) is 0 Å². The largest absolute Gasteiger partial charge is 0.389 e. The van der Waals surface area contributed by atoms with E-state index in [1.54, 1.807) is 0 Å². The van der Waals surface area contributed by atoms with Gasteiger partial charge in [0.25, 0.3) is 5.91 Å². The smallest absolute Gasteiger partial charge is 0.382 e. The summed E-state index contributed by atoms with van der Waals surface area (Å²) in [5.41, 5.74) is 8.35. The van der Waals surface area contributed by atoms with Gasteiger partial charge in [-0.15, -0.1) is 0 Å². The fraction of sp³-hybridized carbons (Fsp3) is 0.407. The van der Waals surface area contributed by atoms with Crippen LogP contribution in [0, 0.1) is 5.92 Å². The number of hydrogen-bond donors (Lipinski definition) is 3. The van der Waals surface area contributed by atoms with Crippen molar-refractivity contribution >= 4 is 34.8 Å². The molecule has 2 aromatic rings. The van der Waals surface area contributed by atoms with Crippen molar-refractivity contribution in [3.8, 4) is 0 Å². The Kier molecular flexibility index (Phi) is 10.00. The van der Waals surface area contributed by atoms with Crippen LogP contribution in [0.2, 0.25) is 0 Å². The molecule has 0 spiro atoms. The number of nitrogens with one attached hydrogen (secondary N) is 2. The molecule has 0 bridgehead atoms. The molecule has 3 amide bonds. The van der Waals surface area contributed by atoms with Crippen LogP contribution >= 0.6 is 0 Å². The maximum absolute atomic E-state index is 13.5. The van der Waals surface area contributed by atoms with Crippen molar-refractivity contribution < 1.29 is 40.7 Å². The lowest BCUT2D eigenvalue weighted by molar-refractivity contribution is -0.143. The average molecular weight is 586 g/mol. The van der Waals surface area contributed by atoms with E-state index in [1.807, 2.05) is 48.5 Å². The minimum absolute atomic E-state index is 0.311. The summed E-state index contributed by atoms with van der Waals surface area (Å²) >= 11 is 0. The third-order valence-corrected chi connectivity index (χ3v) is 6.29. The molecule has 0 saturated heterocycles. The zero-order valence-electron chi connectivity index (χ0n) is 22.0. The molecule has 0 saturated carbocycles. The molecule has 2 aromatic carbocycles. The minimum atomic E-state index is -4.51. The van der Waals surface area contributed by atoms with Crippen LogP contribution in [0.15, 0.2) is 53.5 Å². The van der Waals surface area contributed by atoms with Crippen LogP contribution < -0.4 is 21.3 Å². The molecule has 41 heavy (non-hydrogen) atoms. The second kappa shape index (κ2) is 13.0. The Labute approximate surface area is 232 Å². The lowest BCUT2D eigenvalue weighted by Gasteiger charge is -2.32. The zero-order chi connectivity index (χ0) is 30.4. The van der Waals surface area contributed by atoms with Gasteiger partial charge in [-0.25, -0.2) is 4.99 Å². The van der Waals surface area contributed by atoms with Gasteiger partial charge in [0.1, 0.15) is 0 Å². The molecule has 2 heterocycles. The maximum atomic E-state index is 13.5. The van der Waals surface area contributed by atoms with Gasteiger partial charge in [-0.05, 0) is 12.5 Å². The van der Waals surface area contributed by atoms with E-state index in [4.69, 9.17) is 5.73 Å². The number of hydrogen-bond acceptors (Lipinski definition) is 5. The molecule has 4 rings (SSSR count). The number of rotatable bonds is 7. The summed E-state index contributed by atoms with van der Waals surface area (Å²) in [6, 6.07) is 14.6. The first-order valence-corrected chi connectivity index (χ1v) is 12.7.